The predicted molar refractivity (Wildman–Crippen MR) is 53.0 cm³/mol. The number of hydrogen-bond acceptors (Lipinski definition) is 5. The number of rotatable bonds is 3. The second-order valence-electron chi connectivity index (χ2n) is 3.47. The summed E-state index contributed by atoms with van der Waals surface area (Å²) in [6, 6.07) is -0.0588. The summed E-state index contributed by atoms with van der Waals surface area (Å²) in [7, 11) is 0. The van der Waals surface area contributed by atoms with Gasteiger partial charge in [-0.05, 0) is 13.8 Å². The van der Waals surface area contributed by atoms with Gasteiger partial charge in [0.2, 0.25) is 5.89 Å². The predicted octanol–water partition coefficient (Wildman–Crippen LogP) is 0.643. The van der Waals surface area contributed by atoms with Crippen molar-refractivity contribution in [1.29, 1.82) is 0 Å². The van der Waals surface area contributed by atoms with Crippen molar-refractivity contribution in [2.75, 3.05) is 0 Å². The molecule has 0 amide bonds. The van der Waals surface area contributed by atoms with Crippen LogP contribution in [-0.2, 0) is 6.54 Å². The van der Waals surface area contributed by atoms with E-state index in [1.807, 2.05) is 11.5 Å². The Bertz CT molecular complexity index is 445. The van der Waals surface area contributed by atoms with Crippen LogP contribution in [0.5, 0.6) is 0 Å². The summed E-state index contributed by atoms with van der Waals surface area (Å²) in [5.74, 6) is 1.19. The highest BCUT2D eigenvalue weighted by atomic mass is 16.5. The van der Waals surface area contributed by atoms with E-state index in [0.717, 1.165) is 5.69 Å². The number of imidazole rings is 1. The lowest BCUT2D eigenvalue weighted by Crippen LogP contribution is -2.12. The lowest BCUT2D eigenvalue weighted by molar-refractivity contribution is 0.365. The third kappa shape index (κ3) is 2.04. The van der Waals surface area contributed by atoms with Gasteiger partial charge >= 0.3 is 0 Å². The average Bonchev–Trinajstić information content (AvgIpc) is 2.75. The first-order chi connectivity index (χ1) is 7.16. The monoisotopic (exact) mass is 207 g/mol. The molecule has 0 saturated heterocycles. The molecule has 2 aromatic heterocycles. The van der Waals surface area contributed by atoms with E-state index in [1.54, 1.807) is 19.4 Å². The molecule has 2 aromatic rings. The zero-order valence-corrected chi connectivity index (χ0v) is 8.71. The Hall–Kier alpha value is -1.69. The van der Waals surface area contributed by atoms with Gasteiger partial charge in [0.25, 0.3) is 0 Å². The Morgan fingerprint density at radius 1 is 1.60 bits per heavy atom. The third-order valence-electron chi connectivity index (χ3n) is 2.09. The van der Waals surface area contributed by atoms with Gasteiger partial charge in [0.05, 0.1) is 12.0 Å². The van der Waals surface area contributed by atoms with Crippen LogP contribution in [0.1, 0.15) is 30.4 Å². The highest BCUT2D eigenvalue weighted by molar-refractivity contribution is 5.04. The molecule has 0 aliphatic rings. The van der Waals surface area contributed by atoms with Gasteiger partial charge in [0.1, 0.15) is 6.54 Å². The molecule has 0 spiro atoms. The van der Waals surface area contributed by atoms with Crippen LogP contribution < -0.4 is 5.73 Å². The summed E-state index contributed by atoms with van der Waals surface area (Å²) in [5.41, 5.74) is 6.74. The Kier molecular flexibility index (Phi) is 2.51. The first-order valence-electron chi connectivity index (χ1n) is 4.71. The molecule has 2 N–H and O–H groups in total. The minimum atomic E-state index is -0.0588. The van der Waals surface area contributed by atoms with E-state index < -0.39 is 0 Å². The van der Waals surface area contributed by atoms with Crippen LogP contribution in [0.3, 0.4) is 0 Å². The van der Waals surface area contributed by atoms with Gasteiger partial charge in [-0.15, -0.1) is 0 Å². The summed E-state index contributed by atoms with van der Waals surface area (Å²) in [5, 5.41) is 3.72. The number of aryl methyl sites for hydroxylation is 1. The molecule has 1 atom stereocenters. The fourth-order valence-corrected chi connectivity index (χ4v) is 1.39. The van der Waals surface area contributed by atoms with E-state index in [1.165, 1.54) is 0 Å². The molecule has 0 bridgehead atoms. The van der Waals surface area contributed by atoms with Crippen molar-refractivity contribution in [3.8, 4) is 0 Å². The highest BCUT2D eigenvalue weighted by Crippen LogP contribution is 2.10. The molecular formula is C9H13N5O. The summed E-state index contributed by atoms with van der Waals surface area (Å²) in [6.45, 7) is 4.21. The summed E-state index contributed by atoms with van der Waals surface area (Å²) >= 11 is 0. The molecule has 0 radical (unpaired) electrons. The van der Waals surface area contributed by atoms with Crippen molar-refractivity contribution in [2.45, 2.75) is 26.4 Å². The third-order valence-corrected chi connectivity index (χ3v) is 2.09. The Labute approximate surface area is 87.1 Å². The van der Waals surface area contributed by atoms with E-state index in [9.17, 15) is 0 Å². The smallest absolute Gasteiger partial charge is 0.246 e. The van der Waals surface area contributed by atoms with Crippen LogP contribution in [0.15, 0.2) is 17.0 Å². The standard InChI is InChI=1S/C9H13N5O/c1-6(10)8-3-11-5-14(8)4-9-12-7(2)13-15-9/h3,5-6H,4,10H2,1-2H3. The molecule has 1 unspecified atom stereocenters. The second kappa shape index (κ2) is 3.82. The van der Waals surface area contributed by atoms with Gasteiger partial charge in [-0.3, -0.25) is 0 Å². The first-order valence-corrected chi connectivity index (χ1v) is 4.71. The van der Waals surface area contributed by atoms with Gasteiger partial charge in [0, 0.05) is 12.2 Å². The fraction of sp³-hybridized carbons (Fsp3) is 0.444. The van der Waals surface area contributed by atoms with Crippen LogP contribution in [-0.4, -0.2) is 19.7 Å². The van der Waals surface area contributed by atoms with Crippen LogP contribution in [0.2, 0.25) is 0 Å². The normalized spacial score (nSPS) is 13.0. The Morgan fingerprint density at radius 2 is 2.40 bits per heavy atom. The summed E-state index contributed by atoms with van der Waals surface area (Å²) in [4.78, 5) is 8.16. The molecule has 0 aliphatic carbocycles. The lowest BCUT2D eigenvalue weighted by Gasteiger charge is -2.07. The second-order valence-corrected chi connectivity index (χ2v) is 3.47. The number of nitrogens with two attached hydrogens (primary N) is 1. The fourth-order valence-electron chi connectivity index (χ4n) is 1.39. The number of nitrogens with zero attached hydrogens (tertiary/aromatic N) is 4. The molecule has 0 aliphatic heterocycles. The zero-order chi connectivity index (χ0) is 10.8. The summed E-state index contributed by atoms with van der Waals surface area (Å²) in [6.07, 6.45) is 3.45. The zero-order valence-electron chi connectivity index (χ0n) is 8.71. The van der Waals surface area contributed by atoms with E-state index in [2.05, 4.69) is 15.1 Å². The summed E-state index contributed by atoms with van der Waals surface area (Å²) < 4.78 is 6.92. The van der Waals surface area contributed by atoms with Crippen LogP contribution in [0.25, 0.3) is 0 Å². The Balaban J connectivity index is 2.20. The van der Waals surface area contributed by atoms with Gasteiger partial charge in [0.15, 0.2) is 5.82 Å². The van der Waals surface area contributed by atoms with Gasteiger partial charge in [-0.25, -0.2) is 4.98 Å². The SMILES string of the molecule is Cc1noc(Cn2cncc2C(C)N)n1. The molecule has 0 saturated carbocycles. The molecule has 0 fully saturated rings. The van der Waals surface area contributed by atoms with Crippen molar-refractivity contribution in [3.05, 3.63) is 29.9 Å². The highest BCUT2D eigenvalue weighted by Gasteiger charge is 2.09. The maximum Gasteiger partial charge on any atom is 0.246 e. The molecule has 2 heterocycles. The quantitative estimate of drug-likeness (QED) is 0.798. The van der Waals surface area contributed by atoms with E-state index in [0.29, 0.717) is 18.3 Å². The molecule has 80 valence electrons. The van der Waals surface area contributed by atoms with E-state index >= 15 is 0 Å². The topological polar surface area (TPSA) is 82.8 Å². The van der Waals surface area contributed by atoms with Gasteiger partial charge in [-0.2, -0.15) is 4.98 Å². The van der Waals surface area contributed by atoms with Crippen LogP contribution in [0.4, 0.5) is 0 Å². The van der Waals surface area contributed by atoms with Crippen LogP contribution >= 0.6 is 0 Å². The molecule has 2 rings (SSSR count). The lowest BCUT2D eigenvalue weighted by atomic mass is 10.3. The van der Waals surface area contributed by atoms with E-state index in [-0.39, 0.29) is 6.04 Å². The first kappa shape index (κ1) is 9.85. The van der Waals surface area contributed by atoms with Crippen molar-refractivity contribution in [3.63, 3.8) is 0 Å². The molecule has 6 heteroatoms. The van der Waals surface area contributed by atoms with Crippen molar-refractivity contribution < 1.29 is 4.52 Å². The minimum absolute atomic E-state index is 0.0588. The van der Waals surface area contributed by atoms with Crippen molar-refractivity contribution in [1.82, 2.24) is 19.7 Å². The van der Waals surface area contributed by atoms with Gasteiger partial charge in [-0.1, -0.05) is 5.16 Å². The molecule has 15 heavy (non-hydrogen) atoms. The van der Waals surface area contributed by atoms with Crippen molar-refractivity contribution in [2.24, 2.45) is 5.73 Å². The molecule has 6 nitrogen and oxygen atoms in total. The average molecular weight is 207 g/mol. The molecule has 0 aromatic carbocycles. The number of hydrogen-bond donors (Lipinski definition) is 1. The largest absolute Gasteiger partial charge is 0.337 e. The maximum atomic E-state index is 5.79. The minimum Gasteiger partial charge on any atom is -0.337 e. The van der Waals surface area contributed by atoms with Crippen LogP contribution in [0, 0.1) is 6.92 Å². The Morgan fingerprint density at radius 3 is 3.00 bits per heavy atom. The van der Waals surface area contributed by atoms with E-state index in [4.69, 9.17) is 10.3 Å². The number of aromatic nitrogens is 4. The maximum absolute atomic E-state index is 5.79. The van der Waals surface area contributed by atoms with Crippen molar-refractivity contribution >= 4 is 0 Å². The van der Waals surface area contributed by atoms with Gasteiger partial charge < -0.3 is 14.8 Å². The molecular weight excluding hydrogens is 194 g/mol.